The van der Waals surface area contributed by atoms with E-state index in [0.717, 1.165) is 7.11 Å². The zero-order valence-electron chi connectivity index (χ0n) is 14.3. The molecule has 0 saturated heterocycles. The van der Waals surface area contributed by atoms with Crippen molar-refractivity contribution in [2.75, 3.05) is 7.11 Å². The second-order valence-electron chi connectivity index (χ2n) is 6.42. The van der Waals surface area contributed by atoms with Crippen LogP contribution in [0.15, 0.2) is 42.5 Å². The Labute approximate surface area is 155 Å². The number of aliphatic hydroxyl groups is 1. The first-order chi connectivity index (χ1) is 12.9. The molecule has 0 saturated carbocycles. The van der Waals surface area contributed by atoms with Crippen molar-refractivity contribution in [1.29, 1.82) is 0 Å². The zero-order chi connectivity index (χ0) is 20.9. The number of ketones is 1. The minimum absolute atomic E-state index is 0.00211. The van der Waals surface area contributed by atoms with Crippen LogP contribution in [0.25, 0.3) is 0 Å². The summed E-state index contributed by atoms with van der Waals surface area (Å²) < 4.78 is 83.9. The molecule has 3 nitrogen and oxygen atoms in total. The van der Waals surface area contributed by atoms with Gasteiger partial charge in [-0.1, -0.05) is 24.3 Å². The Morgan fingerprint density at radius 3 is 1.96 bits per heavy atom. The summed E-state index contributed by atoms with van der Waals surface area (Å²) in [6.45, 7) is 0. The van der Waals surface area contributed by atoms with Crippen LogP contribution in [-0.2, 0) is 17.1 Å². The lowest BCUT2D eigenvalue weighted by atomic mass is 9.88. The third kappa shape index (κ3) is 3.51. The lowest BCUT2D eigenvalue weighted by Gasteiger charge is -2.26. The summed E-state index contributed by atoms with van der Waals surface area (Å²) in [6, 6.07) is 7.01. The van der Waals surface area contributed by atoms with Gasteiger partial charge in [-0.25, -0.2) is 0 Å². The number of fused-ring (bicyclic) bond motifs is 1. The van der Waals surface area contributed by atoms with Crippen LogP contribution in [0.1, 0.15) is 44.8 Å². The van der Waals surface area contributed by atoms with Gasteiger partial charge >= 0.3 is 12.4 Å². The monoisotopic (exact) mass is 404 g/mol. The summed E-state index contributed by atoms with van der Waals surface area (Å²) in [5, 5.41) is 10.5. The molecule has 0 amide bonds. The van der Waals surface area contributed by atoms with E-state index in [2.05, 4.69) is 0 Å². The number of ether oxygens (including phenoxy) is 1. The van der Waals surface area contributed by atoms with Gasteiger partial charge in [0.15, 0.2) is 5.78 Å². The number of carbonyl (C=O) groups excluding carboxylic acids is 1. The van der Waals surface area contributed by atoms with Gasteiger partial charge in [-0.2, -0.15) is 26.3 Å². The van der Waals surface area contributed by atoms with Gasteiger partial charge in [0.25, 0.3) is 0 Å². The highest BCUT2D eigenvalue weighted by Gasteiger charge is 2.45. The molecule has 3 atom stereocenters. The van der Waals surface area contributed by atoms with Gasteiger partial charge in [-0.05, 0) is 29.3 Å². The molecule has 28 heavy (non-hydrogen) atoms. The number of benzene rings is 2. The minimum Gasteiger partial charge on any atom is -0.388 e. The average Bonchev–Trinajstić information content (AvgIpc) is 2.86. The standard InChI is InChI=1S/C19H14F6O3/c1-28-17(14-15(26)12-4-2-3-5-13(12)16(14)27)9-6-10(18(20,21)22)8-11(7-9)19(23,24)25/h2-8,14-15,17,26H,1H3. The highest BCUT2D eigenvalue weighted by atomic mass is 19.4. The number of methoxy groups -OCH3 is 1. The van der Waals surface area contributed by atoms with Gasteiger partial charge in [0.1, 0.15) is 0 Å². The van der Waals surface area contributed by atoms with E-state index >= 15 is 0 Å². The second kappa shape index (κ2) is 6.89. The van der Waals surface area contributed by atoms with E-state index in [1.54, 1.807) is 12.1 Å². The number of Topliss-reactive ketones (excluding diaryl/α,β-unsaturated/α-hetero) is 1. The molecule has 0 aromatic heterocycles. The van der Waals surface area contributed by atoms with E-state index in [0.29, 0.717) is 12.1 Å². The fourth-order valence-electron chi connectivity index (χ4n) is 3.43. The predicted octanol–water partition coefficient (Wildman–Crippen LogP) is 4.96. The maximum absolute atomic E-state index is 13.1. The highest BCUT2D eigenvalue weighted by Crippen LogP contribution is 2.46. The maximum Gasteiger partial charge on any atom is 0.416 e. The first-order valence-electron chi connectivity index (χ1n) is 8.08. The molecular weight excluding hydrogens is 390 g/mol. The van der Waals surface area contributed by atoms with Crippen LogP contribution in [0.5, 0.6) is 0 Å². The molecule has 1 aliphatic carbocycles. The average molecular weight is 404 g/mol. The van der Waals surface area contributed by atoms with Crippen molar-refractivity contribution < 1.29 is 41.0 Å². The van der Waals surface area contributed by atoms with Crippen LogP contribution in [0, 0.1) is 5.92 Å². The van der Waals surface area contributed by atoms with Gasteiger partial charge in [0, 0.05) is 12.7 Å². The van der Waals surface area contributed by atoms with Crippen LogP contribution in [0.2, 0.25) is 0 Å². The molecule has 0 heterocycles. The summed E-state index contributed by atoms with van der Waals surface area (Å²) >= 11 is 0. The van der Waals surface area contributed by atoms with E-state index in [1.807, 2.05) is 0 Å². The molecule has 2 aromatic rings. The minimum atomic E-state index is -5.03. The van der Waals surface area contributed by atoms with Crippen molar-refractivity contribution in [3.05, 3.63) is 70.3 Å². The van der Waals surface area contributed by atoms with Crippen LogP contribution in [0.3, 0.4) is 0 Å². The van der Waals surface area contributed by atoms with Crippen molar-refractivity contribution in [2.45, 2.75) is 24.6 Å². The molecule has 0 fully saturated rings. The molecule has 1 aliphatic rings. The van der Waals surface area contributed by atoms with Crippen LogP contribution in [0.4, 0.5) is 26.3 Å². The van der Waals surface area contributed by atoms with Crippen LogP contribution >= 0.6 is 0 Å². The van der Waals surface area contributed by atoms with Gasteiger partial charge in [-0.15, -0.1) is 0 Å². The summed E-state index contributed by atoms with van der Waals surface area (Å²) in [5.41, 5.74) is -3.11. The Kier molecular flexibility index (Phi) is 5.01. The molecule has 9 heteroatoms. The van der Waals surface area contributed by atoms with Crippen molar-refractivity contribution in [1.82, 2.24) is 0 Å². The van der Waals surface area contributed by atoms with Crippen LogP contribution in [-0.4, -0.2) is 18.0 Å². The van der Waals surface area contributed by atoms with Gasteiger partial charge in [0.05, 0.1) is 29.3 Å². The van der Waals surface area contributed by atoms with E-state index < -0.39 is 53.0 Å². The number of aliphatic hydroxyl groups excluding tert-OH is 1. The molecular formula is C19H14F6O3. The number of alkyl halides is 6. The van der Waals surface area contributed by atoms with Gasteiger partial charge in [-0.3, -0.25) is 4.79 Å². The van der Waals surface area contributed by atoms with E-state index in [1.165, 1.54) is 12.1 Å². The van der Waals surface area contributed by atoms with Crippen molar-refractivity contribution in [3.8, 4) is 0 Å². The molecule has 0 aliphatic heterocycles. The first-order valence-corrected chi connectivity index (χ1v) is 8.08. The smallest absolute Gasteiger partial charge is 0.388 e. The Balaban J connectivity index is 2.12. The van der Waals surface area contributed by atoms with Crippen LogP contribution < -0.4 is 0 Å². The highest BCUT2D eigenvalue weighted by molar-refractivity contribution is 6.03. The second-order valence-corrected chi connectivity index (χ2v) is 6.42. The number of hydrogen-bond acceptors (Lipinski definition) is 3. The van der Waals surface area contributed by atoms with E-state index in [9.17, 15) is 36.2 Å². The molecule has 0 bridgehead atoms. The number of carbonyl (C=O) groups is 1. The Bertz CT molecular complexity index is 871. The van der Waals surface area contributed by atoms with Crippen molar-refractivity contribution >= 4 is 5.78 Å². The first kappa shape index (κ1) is 20.3. The maximum atomic E-state index is 13.1. The summed E-state index contributed by atoms with van der Waals surface area (Å²) in [7, 11) is 1.06. The van der Waals surface area contributed by atoms with Gasteiger partial charge in [0.2, 0.25) is 0 Å². The predicted molar refractivity (Wildman–Crippen MR) is 85.4 cm³/mol. The largest absolute Gasteiger partial charge is 0.416 e. The Morgan fingerprint density at radius 1 is 0.964 bits per heavy atom. The molecule has 0 radical (unpaired) electrons. The van der Waals surface area contributed by atoms with Crippen molar-refractivity contribution in [2.24, 2.45) is 5.92 Å². The third-order valence-corrected chi connectivity index (χ3v) is 4.71. The van der Waals surface area contributed by atoms with Crippen molar-refractivity contribution in [3.63, 3.8) is 0 Å². The Hall–Kier alpha value is -2.39. The zero-order valence-corrected chi connectivity index (χ0v) is 14.3. The topological polar surface area (TPSA) is 46.5 Å². The summed E-state index contributed by atoms with van der Waals surface area (Å²) in [4.78, 5) is 12.7. The Morgan fingerprint density at radius 2 is 1.50 bits per heavy atom. The van der Waals surface area contributed by atoms with E-state index in [4.69, 9.17) is 4.74 Å². The number of hydrogen-bond donors (Lipinski definition) is 1. The fraction of sp³-hybridized carbons (Fsp3) is 0.316. The molecule has 1 N–H and O–H groups in total. The lowest BCUT2D eigenvalue weighted by molar-refractivity contribution is -0.143. The molecule has 3 unspecified atom stereocenters. The van der Waals surface area contributed by atoms with E-state index in [-0.39, 0.29) is 17.2 Å². The number of halogens is 6. The lowest BCUT2D eigenvalue weighted by Crippen LogP contribution is -2.25. The fourth-order valence-corrected chi connectivity index (χ4v) is 3.43. The SMILES string of the molecule is COC(c1cc(C(F)(F)F)cc(C(F)(F)F)c1)C1C(=O)c2ccccc2C1O. The molecule has 2 aromatic carbocycles. The normalized spacial score (nSPS) is 20.9. The summed E-state index contributed by atoms with van der Waals surface area (Å²) in [5.74, 6) is -1.98. The molecule has 150 valence electrons. The van der Waals surface area contributed by atoms with Gasteiger partial charge < -0.3 is 9.84 Å². The quantitative estimate of drug-likeness (QED) is 0.736. The number of rotatable bonds is 3. The third-order valence-electron chi connectivity index (χ3n) is 4.71. The molecule has 3 rings (SSSR count). The molecule has 0 spiro atoms. The summed E-state index contributed by atoms with van der Waals surface area (Å²) in [6.07, 6.45) is -13.0.